The number of rotatable bonds is 8. The van der Waals surface area contributed by atoms with Gasteiger partial charge in [-0.15, -0.1) is 0 Å². The van der Waals surface area contributed by atoms with Crippen LogP contribution in [0.1, 0.15) is 88.6 Å². The van der Waals surface area contributed by atoms with Crippen LogP contribution in [0, 0.1) is 11.3 Å². The second-order valence-electron chi connectivity index (χ2n) is 17.1. The van der Waals surface area contributed by atoms with Crippen molar-refractivity contribution in [3.63, 3.8) is 0 Å². The van der Waals surface area contributed by atoms with Crippen LogP contribution in [0.25, 0.3) is 10.9 Å². The Bertz CT molecular complexity index is 2450. The van der Waals surface area contributed by atoms with Gasteiger partial charge >= 0.3 is 0 Å². The second kappa shape index (κ2) is 15.3. The smallest absolute Gasteiger partial charge is 0.298 e. The number of amides is 6. The average Bonchev–Trinajstić information content (AvgIpc) is 3.99. The number of fused-ring (bicyclic) bond motifs is 2. The van der Waals surface area contributed by atoms with Crippen molar-refractivity contribution in [2.75, 3.05) is 74.7 Å². The minimum absolute atomic E-state index is 0.0687. The number of morpholine rings is 1. The molecule has 6 amide bonds. The van der Waals surface area contributed by atoms with Crippen LogP contribution in [0.2, 0.25) is 0 Å². The number of nitrogens with zero attached hydrogens (tertiary/aromatic N) is 7. The minimum Gasteiger partial charge on any atom is -0.494 e. The molecule has 1 spiro atoms. The highest BCUT2D eigenvalue weighted by atomic mass is 16.5. The summed E-state index contributed by atoms with van der Waals surface area (Å²) in [5, 5.41) is 10.9. The van der Waals surface area contributed by atoms with Crippen LogP contribution in [0.4, 0.5) is 17.4 Å². The maximum absolute atomic E-state index is 13.8. The first-order valence-corrected chi connectivity index (χ1v) is 21.1. The van der Waals surface area contributed by atoms with Crippen molar-refractivity contribution in [1.29, 1.82) is 0 Å². The van der Waals surface area contributed by atoms with E-state index in [0.717, 1.165) is 60.3 Å². The number of likely N-dealkylation sites (tertiary alicyclic amines) is 1. The number of aromatic nitrogens is 3. The molecule has 18 nitrogen and oxygen atoms in total. The Kier molecular flexibility index (Phi) is 9.76. The van der Waals surface area contributed by atoms with E-state index in [1.165, 1.54) is 6.26 Å². The van der Waals surface area contributed by atoms with Gasteiger partial charge in [-0.2, -0.15) is 10.1 Å². The third-order valence-electron chi connectivity index (χ3n) is 13.6. The highest BCUT2D eigenvalue weighted by Crippen LogP contribution is 2.55. The van der Waals surface area contributed by atoms with E-state index < -0.39 is 35.6 Å². The van der Waals surface area contributed by atoms with Crippen LogP contribution in [0.3, 0.4) is 0 Å². The number of hydrogen-bond acceptors (Lipinski definition) is 13. The molecule has 1 atom stereocenters. The van der Waals surface area contributed by atoms with Crippen LogP contribution in [0.15, 0.2) is 47.2 Å². The summed E-state index contributed by atoms with van der Waals surface area (Å²) in [5.41, 5.74) is 2.94. The van der Waals surface area contributed by atoms with Crippen molar-refractivity contribution in [3.8, 4) is 5.75 Å². The molecular formula is C43H47N9O9. The molecule has 1 saturated carbocycles. The molecule has 4 aromatic rings. The standard InChI is InChI=1S/C43H47N9O9/c1-59-35-20-31-26(18-32(35)44-37(54)33-24-61-42(45-33)50-14-16-60-17-15-50)23-51(47-31)28-21-43(22-28)8-12-49(13-9-43)39(56)25-6-10-48(11-7-25)27-2-3-29-30(19-27)41(58)52(40(29)57)34-4-5-36(53)46-38(34)55/h2-3,18-20,23-25,28,34H,4-17,21-22H2,1H3,(H,44,54)(H,46,53,55). The van der Waals surface area contributed by atoms with Crippen molar-refractivity contribution in [1.82, 2.24) is 29.9 Å². The zero-order chi connectivity index (χ0) is 42.0. The number of ether oxygens (including phenoxy) is 2. The summed E-state index contributed by atoms with van der Waals surface area (Å²) in [7, 11) is 1.56. The number of nitrogens with one attached hydrogen (secondary N) is 2. The highest BCUT2D eigenvalue weighted by Gasteiger charge is 2.48. The number of anilines is 3. The first-order chi connectivity index (χ1) is 29.6. The molecular weight excluding hydrogens is 787 g/mol. The molecule has 0 radical (unpaired) electrons. The third-order valence-corrected chi connectivity index (χ3v) is 13.6. The van der Waals surface area contributed by atoms with Gasteiger partial charge in [-0.3, -0.25) is 43.7 Å². The van der Waals surface area contributed by atoms with Crippen LogP contribution < -0.4 is 25.2 Å². The van der Waals surface area contributed by atoms with E-state index in [2.05, 4.69) is 20.5 Å². The minimum atomic E-state index is -1.01. The van der Waals surface area contributed by atoms with Gasteiger partial charge in [0.2, 0.25) is 17.7 Å². The predicted molar refractivity (Wildman–Crippen MR) is 218 cm³/mol. The highest BCUT2D eigenvalue weighted by molar-refractivity contribution is 6.23. The number of carbonyl (C=O) groups is 6. The van der Waals surface area contributed by atoms with E-state index in [1.54, 1.807) is 19.2 Å². The van der Waals surface area contributed by atoms with Crippen molar-refractivity contribution in [2.24, 2.45) is 11.3 Å². The fourth-order valence-corrected chi connectivity index (χ4v) is 10.0. The average molecular weight is 834 g/mol. The Hall–Kier alpha value is -6.30. The first kappa shape index (κ1) is 38.9. The lowest BCUT2D eigenvalue weighted by Gasteiger charge is -2.52. The summed E-state index contributed by atoms with van der Waals surface area (Å²) in [6.45, 7) is 5.20. The number of imide groups is 2. The molecule has 18 heteroatoms. The predicted octanol–water partition coefficient (Wildman–Crippen LogP) is 3.38. The van der Waals surface area contributed by atoms with Crippen LogP contribution in [0.5, 0.6) is 5.75 Å². The summed E-state index contributed by atoms with van der Waals surface area (Å²) >= 11 is 0. The fourth-order valence-electron chi connectivity index (χ4n) is 10.0. The van der Waals surface area contributed by atoms with E-state index in [1.807, 2.05) is 38.9 Å². The third kappa shape index (κ3) is 7.05. The molecule has 1 unspecified atom stereocenters. The molecule has 2 aromatic carbocycles. The lowest BCUT2D eigenvalue weighted by atomic mass is 9.60. The number of piperidine rings is 3. The molecule has 2 N–H and O–H groups in total. The number of methoxy groups -OCH3 is 1. The van der Waals surface area contributed by atoms with Crippen molar-refractivity contribution in [3.05, 3.63) is 59.6 Å². The maximum Gasteiger partial charge on any atom is 0.298 e. The molecule has 5 aliphatic heterocycles. The molecule has 4 saturated heterocycles. The van der Waals surface area contributed by atoms with E-state index in [9.17, 15) is 28.8 Å². The van der Waals surface area contributed by atoms with Gasteiger partial charge in [0.25, 0.3) is 23.7 Å². The molecule has 1 aliphatic carbocycles. The summed E-state index contributed by atoms with van der Waals surface area (Å²) in [6.07, 6.45) is 8.81. The van der Waals surface area contributed by atoms with Crippen LogP contribution >= 0.6 is 0 Å². The van der Waals surface area contributed by atoms with Crippen molar-refractivity contribution >= 4 is 63.7 Å². The van der Waals surface area contributed by atoms with Crippen LogP contribution in [-0.2, 0) is 19.1 Å². The molecule has 5 fully saturated rings. The van der Waals surface area contributed by atoms with E-state index in [0.29, 0.717) is 69.7 Å². The summed E-state index contributed by atoms with van der Waals surface area (Å²) in [6, 6.07) is 8.50. The van der Waals surface area contributed by atoms with Gasteiger partial charge in [0.15, 0.2) is 5.69 Å². The number of hydrogen-bond donors (Lipinski definition) is 2. The molecule has 7 heterocycles. The Morgan fingerprint density at radius 3 is 2.39 bits per heavy atom. The first-order valence-electron chi connectivity index (χ1n) is 21.1. The molecule has 0 bridgehead atoms. The van der Waals surface area contributed by atoms with E-state index >= 15 is 0 Å². The summed E-state index contributed by atoms with van der Waals surface area (Å²) < 4.78 is 18.6. The van der Waals surface area contributed by atoms with Crippen molar-refractivity contribution < 1.29 is 42.7 Å². The van der Waals surface area contributed by atoms with Gasteiger partial charge in [-0.1, -0.05) is 0 Å². The number of carbonyl (C=O) groups excluding carboxylic acids is 6. The monoisotopic (exact) mass is 833 g/mol. The maximum atomic E-state index is 13.8. The lowest BCUT2D eigenvalue weighted by Crippen LogP contribution is -2.54. The largest absolute Gasteiger partial charge is 0.494 e. The second-order valence-corrected chi connectivity index (χ2v) is 17.1. The molecule has 2 aromatic heterocycles. The Morgan fingerprint density at radius 2 is 1.66 bits per heavy atom. The van der Waals surface area contributed by atoms with Gasteiger partial charge in [0.05, 0.1) is 48.7 Å². The zero-order valence-electron chi connectivity index (χ0n) is 33.9. The fraction of sp³-hybridized carbons (Fsp3) is 0.488. The summed E-state index contributed by atoms with van der Waals surface area (Å²) in [4.78, 5) is 89.0. The Morgan fingerprint density at radius 1 is 0.902 bits per heavy atom. The van der Waals surface area contributed by atoms with Gasteiger partial charge in [0, 0.05) is 74.9 Å². The lowest BCUT2D eigenvalue weighted by molar-refractivity contribution is -0.140. The van der Waals surface area contributed by atoms with Gasteiger partial charge < -0.3 is 33.9 Å². The Balaban J connectivity index is 0.711. The summed E-state index contributed by atoms with van der Waals surface area (Å²) in [5.74, 6) is -1.88. The van der Waals surface area contributed by atoms with E-state index in [-0.39, 0.29) is 52.9 Å². The van der Waals surface area contributed by atoms with Gasteiger partial charge in [0.1, 0.15) is 18.1 Å². The molecule has 6 aliphatic rings. The SMILES string of the molecule is COc1cc2nn(C3CC4(CCN(C(=O)C5CCN(c6ccc7c(c6)C(=O)N(C6CCC(=O)NC6=O)C7=O)CC5)CC4)C3)cc2cc1NC(=O)c1coc(N2CCOCC2)n1. The molecule has 10 rings (SSSR count). The Labute approximate surface area is 350 Å². The van der Waals surface area contributed by atoms with E-state index in [4.69, 9.17) is 19.0 Å². The molecule has 318 valence electrons. The van der Waals surface area contributed by atoms with Gasteiger partial charge in [-0.25, -0.2) is 0 Å². The quantitative estimate of drug-likeness (QED) is 0.245. The topological polar surface area (TPSA) is 202 Å². The van der Waals surface area contributed by atoms with Crippen molar-refractivity contribution in [2.45, 2.75) is 63.5 Å². The number of oxazole rings is 1. The normalized spacial score (nSPS) is 22.1. The number of benzene rings is 2. The zero-order valence-corrected chi connectivity index (χ0v) is 33.9. The molecule has 61 heavy (non-hydrogen) atoms. The van der Waals surface area contributed by atoms with Crippen LogP contribution in [-0.4, -0.2) is 126 Å². The van der Waals surface area contributed by atoms with Gasteiger partial charge in [-0.05, 0) is 74.6 Å².